The van der Waals surface area contributed by atoms with Crippen molar-refractivity contribution in [1.29, 1.82) is 0 Å². The van der Waals surface area contributed by atoms with Crippen LogP contribution in [0.25, 0.3) is 22.2 Å². The van der Waals surface area contributed by atoms with Crippen LogP contribution in [0.1, 0.15) is 22.8 Å². The normalized spacial score (nSPS) is 10.6. The van der Waals surface area contributed by atoms with Gasteiger partial charge < -0.3 is 20.1 Å². The molecule has 4 rings (SSSR count). The summed E-state index contributed by atoms with van der Waals surface area (Å²) in [5.74, 6) is 0.698. The van der Waals surface area contributed by atoms with Crippen molar-refractivity contribution < 1.29 is 19.1 Å². The third-order valence-electron chi connectivity index (χ3n) is 5.36. The lowest BCUT2D eigenvalue weighted by Crippen LogP contribution is -2.14. The van der Waals surface area contributed by atoms with Crippen LogP contribution >= 0.6 is 0 Å². The van der Waals surface area contributed by atoms with Crippen molar-refractivity contribution in [3.63, 3.8) is 0 Å². The molecule has 1 heterocycles. The molecule has 7 nitrogen and oxygen atoms in total. The number of aromatic nitrogens is 1. The van der Waals surface area contributed by atoms with Crippen LogP contribution in [0.15, 0.2) is 66.7 Å². The molecule has 0 unspecified atom stereocenters. The number of aryl methyl sites for hydroxylation is 1. The first-order valence-corrected chi connectivity index (χ1v) is 10.7. The number of nitrogens with zero attached hydrogens (tertiary/aromatic N) is 1. The van der Waals surface area contributed by atoms with E-state index in [0.717, 1.165) is 16.5 Å². The van der Waals surface area contributed by atoms with Gasteiger partial charge >= 0.3 is 0 Å². The van der Waals surface area contributed by atoms with Crippen LogP contribution in [-0.2, 0) is 4.79 Å². The van der Waals surface area contributed by atoms with E-state index >= 15 is 0 Å². The number of ether oxygens (including phenoxy) is 2. The molecule has 0 aliphatic rings. The lowest BCUT2D eigenvalue weighted by atomic mass is 10.0. The molecule has 2 amide bonds. The summed E-state index contributed by atoms with van der Waals surface area (Å²) < 4.78 is 10.7. The number of anilines is 2. The summed E-state index contributed by atoms with van der Waals surface area (Å²) >= 11 is 0. The van der Waals surface area contributed by atoms with E-state index in [2.05, 4.69) is 10.6 Å². The maximum atomic E-state index is 13.5. The Labute approximate surface area is 197 Å². The Kier molecular flexibility index (Phi) is 6.45. The summed E-state index contributed by atoms with van der Waals surface area (Å²) in [6.45, 7) is 3.43. The number of nitrogens with one attached hydrogen (secondary N) is 2. The van der Waals surface area contributed by atoms with Gasteiger partial charge in [-0.2, -0.15) is 0 Å². The summed E-state index contributed by atoms with van der Waals surface area (Å²) in [4.78, 5) is 29.6. The second kappa shape index (κ2) is 9.62. The van der Waals surface area contributed by atoms with E-state index in [-0.39, 0.29) is 11.8 Å². The summed E-state index contributed by atoms with van der Waals surface area (Å²) in [6, 6.07) is 20.1. The molecule has 0 spiro atoms. The number of benzene rings is 3. The van der Waals surface area contributed by atoms with E-state index in [1.807, 2.05) is 37.3 Å². The largest absolute Gasteiger partial charge is 0.497 e. The fraction of sp³-hybridized carbons (Fsp3) is 0.148. The third kappa shape index (κ3) is 4.83. The van der Waals surface area contributed by atoms with Crippen LogP contribution in [0.2, 0.25) is 0 Å². The Morgan fingerprint density at radius 3 is 2.29 bits per heavy atom. The Bertz CT molecular complexity index is 1380. The van der Waals surface area contributed by atoms with E-state index in [0.29, 0.717) is 39.6 Å². The van der Waals surface area contributed by atoms with Gasteiger partial charge in [0.05, 0.1) is 36.7 Å². The first-order chi connectivity index (χ1) is 16.4. The van der Waals surface area contributed by atoms with Gasteiger partial charge in [-0.3, -0.25) is 9.59 Å². The van der Waals surface area contributed by atoms with Gasteiger partial charge in [0, 0.05) is 29.6 Å². The van der Waals surface area contributed by atoms with E-state index in [9.17, 15) is 9.59 Å². The molecule has 0 aliphatic heterocycles. The molecule has 0 radical (unpaired) electrons. The number of pyridine rings is 1. The van der Waals surface area contributed by atoms with E-state index in [1.54, 1.807) is 50.6 Å². The van der Waals surface area contributed by atoms with Crippen molar-refractivity contribution in [1.82, 2.24) is 4.98 Å². The van der Waals surface area contributed by atoms with Gasteiger partial charge in [0.15, 0.2) is 0 Å². The van der Waals surface area contributed by atoms with Crippen molar-refractivity contribution in [3.05, 3.63) is 77.9 Å². The van der Waals surface area contributed by atoms with Crippen molar-refractivity contribution in [3.8, 4) is 22.8 Å². The van der Waals surface area contributed by atoms with Crippen LogP contribution in [0.3, 0.4) is 0 Å². The van der Waals surface area contributed by atoms with E-state index in [1.165, 1.54) is 6.92 Å². The SMILES string of the molecule is COc1ccc(OC)c(NC(=O)c2cc(-c3ccc(NC(C)=O)cc3)nc3ccc(C)cc23)c1. The highest BCUT2D eigenvalue weighted by molar-refractivity contribution is 6.13. The summed E-state index contributed by atoms with van der Waals surface area (Å²) in [6.07, 6.45) is 0. The highest BCUT2D eigenvalue weighted by Gasteiger charge is 2.17. The maximum Gasteiger partial charge on any atom is 0.256 e. The van der Waals surface area contributed by atoms with Gasteiger partial charge in [0.25, 0.3) is 5.91 Å². The van der Waals surface area contributed by atoms with Gasteiger partial charge in [0.2, 0.25) is 5.91 Å². The van der Waals surface area contributed by atoms with Crippen LogP contribution in [0.5, 0.6) is 11.5 Å². The number of carbonyl (C=O) groups excluding carboxylic acids is 2. The minimum Gasteiger partial charge on any atom is -0.497 e. The van der Waals surface area contributed by atoms with Crippen LogP contribution in [0, 0.1) is 6.92 Å². The standard InChI is InChI=1S/C27H25N3O4/c1-16-5-11-23-21(13-16)22(27(32)30-25-14-20(33-3)10-12-26(25)34-4)15-24(29-23)18-6-8-19(9-7-18)28-17(2)31/h5-15H,1-4H3,(H,28,31)(H,30,32). The quantitative estimate of drug-likeness (QED) is 0.404. The molecule has 2 N–H and O–H groups in total. The zero-order valence-corrected chi connectivity index (χ0v) is 19.4. The summed E-state index contributed by atoms with van der Waals surface area (Å²) in [5.41, 5.74) is 4.88. The number of hydrogen-bond donors (Lipinski definition) is 2. The molecule has 0 saturated heterocycles. The number of hydrogen-bond acceptors (Lipinski definition) is 5. The molecular formula is C27H25N3O4. The van der Waals surface area contributed by atoms with Gasteiger partial charge in [-0.25, -0.2) is 4.98 Å². The first kappa shape index (κ1) is 22.8. The van der Waals surface area contributed by atoms with Gasteiger partial charge in [0.1, 0.15) is 11.5 Å². The molecule has 0 bridgehead atoms. The molecule has 0 aliphatic carbocycles. The smallest absolute Gasteiger partial charge is 0.256 e. The number of carbonyl (C=O) groups is 2. The van der Waals surface area contributed by atoms with E-state index < -0.39 is 0 Å². The minimum absolute atomic E-state index is 0.140. The molecule has 3 aromatic carbocycles. The number of rotatable bonds is 6. The predicted molar refractivity (Wildman–Crippen MR) is 134 cm³/mol. The van der Waals surface area contributed by atoms with E-state index in [4.69, 9.17) is 14.5 Å². The second-order valence-electron chi connectivity index (χ2n) is 7.85. The molecule has 172 valence electrons. The highest BCUT2D eigenvalue weighted by atomic mass is 16.5. The Hall–Kier alpha value is -4.39. The second-order valence-corrected chi connectivity index (χ2v) is 7.85. The number of methoxy groups -OCH3 is 2. The maximum absolute atomic E-state index is 13.5. The molecule has 1 aromatic heterocycles. The van der Waals surface area contributed by atoms with Gasteiger partial charge in [-0.15, -0.1) is 0 Å². The topological polar surface area (TPSA) is 89.5 Å². The molecular weight excluding hydrogens is 430 g/mol. The monoisotopic (exact) mass is 455 g/mol. The Morgan fingerprint density at radius 2 is 1.62 bits per heavy atom. The molecule has 4 aromatic rings. The van der Waals surface area contributed by atoms with Gasteiger partial charge in [-0.1, -0.05) is 23.8 Å². The zero-order chi connectivity index (χ0) is 24.2. The van der Waals surface area contributed by atoms with Crippen molar-refractivity contribution >= 4 is 34.1 Å². The average Bonchev–Trinajstić information content (AvgIpc) is 2.83. The minimum atomic E-state index is -0.291. The Balaban J connectivity index is 1.78. The Morgan fingerprint density at radius 1 is 0.853 bits per heavy atom. The van der Waals surface area contributed by atoms with Crippen LogP contribution in [0.4, 0.5) is 11.4 Å². The third-order valence-corrected chi connectivity index (χ3v) is 5.36. The van der Waals surface area contributed by atoms with Gasteiger partial charge in [-0.05, 0) is 49.4 Å². The van der Waals surface area contributed by atoms with Crippen LogP contribution in [-0.4, -0.2) is 31.0 Å². The number of amides is 2. The first-order valence-electron chi connectivity index (χ1n) is 10.7. The molecule has 0 saturated carbocycles. The highest BCUT2D eigenvalue weighted by Crippen LogP contribution is 2.31. The predicted octanol–water partition coefficient (Wildman–Crippen LogP) is 5.44. The fourth-order valence-corrected chi connectivity index (χ4v) is 3.70. The fourth-order valence-electron chi connectivity index (χ4n) is 3.70. The molecule has 0 atom stereocenters. The van der Waals surface area contributed by atoms with Crippen molar-refractivity contribution in [2.75, 3.05) is 24.9 Å². The molecule has 0 fully saturated rings. The zero-order valence-electron chi connectivity index (χ0n) is 19.4. The lowest BCUT2D eigenvalue weighted by Gasteiger charge is -2.14. The lowest BCUT2D eigenvalue weighted by molar-refractivity contribution is -0.114. The average molecular weight is 456 g/mol. The molecule has 7 heteroatoms. The van der Waals surface area contributed by atoms with Crippen LogP contribution < -0.4 is 20.1 Å². The number of fused-ring (bicyclic) bond motifs is 1. The van der Waals surface area contributed by atoms with Crippen molar-refractivity contribution in [2.45, 2.75) is 13.8 Å². The summed E-state index contributed by atoms with van der Waals surface area (Å²) in [7, 11) is 3.11. The molecule has 34 heavy (non-hydrogen) atoms. The van der Waals surface area contributed by atoms with Crippen molar-refractivity contribution in [2.24, 2.45) is 0 Å². The summed E-state index contributed by atoms with van der Waals surface area (Å²) in [5, 5.41) is 6.45.